The van der Waals surface area contributed by atoms with Crippen LogP contribution in [0.5, 0.6) is 0 Å². The first kappa shape index (κ1) is 16.6. The van der Waals surface area contributed by atoms with E-state index in [4.69, 9.17) is 0 Å². The van der Waals surface area contributed by atoms with Crippen LogP contribution in [0.3, 0.4) is 0 Å². The van der Waals surface area contributed by atoms with Crippen molar-refractivity contribution in [1.29, 1.82) is 0 Å². The topological polar surface area (TPSA) is 12.0 Å². The van der Waals surface area contributed by atoms with Crippen LogP contribution in [0.25, 0.3) is 0 Å². The van der Waals surface area contributed by atoms with Crippen molar-refractivity contribution in [2.75, 3.05) is 6.54 Å². The first-order chi connectivity index (χ1) is 9.52. The van der Waals surface area contributed by atoms with Gasteiger partial charge in [0.05, 0.1) is 9.83 Å². The van der Waals surface area contributed by atoms with Gasteiger partial charge in [-0.1, -0.05) is 22.9 Å². The van der Waals surface area contributed by atoms with E-state index in [1.165, 1.54) is 6.07 Å². The van der Waals surface area contributed by atoms with E-state index >= 15 is 0 Å². The second-order valence-electron chi connectivity index (χ2n) is 4.32. The molecule has 0 fully saturated rings. The summed E-state index contributed by atoms with van der Waals surface area (Å²) in [5.74, 6) is -0.192. The molecule has 0 aliphatic carbocycles. The van der Waals surface area contributed by atoms with Gasteiger partial charge in [0.2, 0.25) is 0 Å². The molecule has 6 heteroatoms. The summed E-state index contributed by atoms with van der Waals surface area (Å²) in [6.45, 7) is 2.94. The quantitative estimate of drug-likeness (QED) is 0.526. The highest BCUT2D eigenvalue weighted by Gasteiger charge is 2.20. The van der Waals surface area contributed by atoms with Crippen LogP contribution in [-0.2, 0) is 0 Å². The maximum Gasteiger partial charge on any atom is 0.128 e. The Labute approximate surface area is 147 Å². The Balaban J connectivity index is 2.43. The molecule has 1 heterocycles. The third-order valence-corrected chi connectivity index (χ3v) is 6.63. The summed E-state index contributed by atoms with van der Waals surface area (Å²) >= 11 is 12.0. The number of hydrogen-bond acceptors (Lipinski definition) is 2. The number of hydrogen-bond donors (Lipinski definition) is 1. The van der Waals surface area contributed by atoms with Crippen LogP contribution < -0.4 is 5.32 Å². The molecule has 1 aromatic heterocycles. The van der Waals surface area contributed by atoms with Crippen LogP contribution in [-0.4, -0.2) is 6.54 Å². The summed E-state index contributed by atoms with van der Waals surface area (Å²) in [6.07, 6.45) is 1.000. The maximum atomic E-state index is 14.2. The van der Waals surface area contributed by atoms with E-state index in [1.54, 1.807) is 17.4 Å². The second-order valence-corrected chi connectivity index (χ2v) is 8.50. The summed E-state index contributed by atoms with van der Waals surface area (Å²) in [7, 11) is 0. The highest BCUT2D eigenvalue weighted by atomic mass is 79.9. The first-order valence-corrected chi connectivity index (χ1v) is 9.35. The molecule has 0 aliphatic heterocycles. The molecule has 0 spiro atoms. The molecule has 108 valence electrons. The van der Waals surface area contributed by atoms with Crippen molar-refractivity contribution in [2.45, 2.75) is 19.4 Å². The fourth-order valence-corrected chi connectivity index (χ4v) is 4.46. The van der Waals surface area contributed by atoms with Gasteiger partial charge in [-0.2, -0.15) is 0 Å². The highest BCUT2D eigenvalue weighted by molar-refractivity contribution is 9.13. The average Bonchev–Trinajstić information content (AvgIpc) is 2.74. The molecule has 2 rings (SSSR count). The van der Waals surface area contributed by atoms with Crippen LogP contribution in [0.1, 0.15) is 29.8 Å². The van der Waals surface area contributed by atoms with E-state index in [-0.39, 0.29) is 11.9 Å². The minimum atomic E-state index is -0.192. The van der Waals surface area contributed by atoms with E-state index in [2.05, 4.69) is 60.0 Å². The zero-order chi connectivity index (χ0) is 14.7. The summed E-state index contributed by atoms with van der Waals surface area (Å²) in [5.41, 5.74) is 0.661. The molecular weight excluding hydrogens is 473 g/mol. The van der Waals surface area contributed by atoms with E-state index in [0.717, 1.165) is 30.6 Å². The molecule has 0 radical (unpaired) electrons. The lowest BCUT2D eigenvalue weighted by Crippen LogP contribution is -2.23. The van der Waals surface area contributed by atoms with Gasteiger partial charge in [-0.05, 0) is 69.1 Å². The molecule has 1 nitrogen and oxygen atoms in total. The Morgan fingerprint density at radius 2 is 2.00 bits per heavy atom. The van der Waals surface area contributed by atoms with Crippen molar-refractivity contribution in [3.05, 3.63) is 53.3 Å². The van der Waals surface area contributed by atoms with Gasteiger partial charge in [-0.15, -0.1) is 11.3 Å². The summed E-state index contributed by atoms with van der Waals surface area (Å²) < 4.78 is 17.1. The van der Waals surface area contributed by atoms with E-state index in [0.29, 0.717) is 5.56 Å². The molecule has 0 saturated heterocycles. The number of benzene rings is 1. The number of halogens is 4. The van der Waals surface area contributed by atoms with Crippen LogP contribution in [0.2, 0.25) is 0 Å². The van der Waals surface area contributed by atoms with Gasteiger partial charge in [0.15, 0.2) is 0 Å². The molecule has 0 amide bonds. The fraction of sp³-hybridized carbons (Fsp3) is 0.286. The van der Waals surface area contributed by atoms with Gasteiger partial charge in [0.25, 0.3) is 0 Å². The van der Waals surface area contributed by atoms with Crippen molar-refractivity contribution in [2.24, 2.45) is 0 Å². The van der Waals surface area contributed by atoms with Crippen molar-refractivity contribution in [3.63, 3.8) is 0 Å². The zero-order valence-corrected chi connectivity index (χ0v) is 16.3. The number of nitrogens with one attached hydrogen (secondary N) is 1. The molecule has 20 heavy (non-hydrogen) atoms. The Kier molecular flexibility index (Phi) is 6.23. The molecular formula is C14H13Br3FNS. The summed E-state index contributed by atoms with van der Waals surface area (Å²) in [4.78, 5) is 1.08. The molecule has 1 aromatic carbocycles. The van der Waals surface area contributed by atoms with Gasteiger partial charge in [0, 0.05) is 19.4 Å². The average molecular weight is 486 g/mol. The lowest BCUT2D eigenvalue weighted by Gasteiger charge is -2.18. The lowest BCUT2D eigenvalue weighted by molar-refractivity contribution is 0.550. The fourth-order valence-electron chi connectivity index (χ4n) is 1.89. The van der Waals surface area contributed by atoms with Crippen LogP contribution >= 0.6 is 59.1 Å². The molecule has 2 aromatic rings. The Hall–Kier alpha value is 0.250. The monoisotopic (exact) mass is 483 g/mol. The van der Waals surface area contributed by atoms with Crippen LogP contribution in [0.15, 0.2) is 37.0 Å². The standard InChI is InChI=1S/C14H13Br3FNS/c1-2-5-19-13(12-7-10(16)14(17)20-12)9-6-8(15)3-4-11(9)18/h3-4,6-7,13,19H,2,5H2,1H3. The van der Waals surface area contributed by atoms with Gasteiger partial charge in [-0.25, -0.2) is 4.39 Å². The maximum absolute atomic E-state index is 14.2. The van der Waals surface area contributed by atoms with Gasteiger partial charge in [-0.3, -0.25) is 0 Å². The summed E-state index contributed by atoms with van der Waals surface area (Å²) in [5, 5.41) is 3.42. The minimum Gasteiger partial charge on any atom is -0.306 e. The minimum absolute atomic E-state index is 0.139. The summed E-state index contributed by atoms with van der Waals surface area (Å²) in [6, 6.07) is 6.94. The van der Waals surface area contributed by atoms with Crippen molar-refractivity contribution in [3.8, 4) is 0 Å². The highest BCUT2D eigenvalue weighted by Crippen LogP contribution is 2.38. The normalized spacial score (nSPS) is 12.7. The molecule has 0 saturated carbocycles. The molecule has 0 bridgehead atoms. The van der Waals surface area contributed by atoms with Gasteiger partial charge >= 0.3 is 0 Å². The second kappa shape index (κ2) is 7.49. The first-order valence-electron chi connectivity index (χ1n) is 6.16. The third-order valence-electron chi connectivity index (χ3n) is 2.82. The van der Waals surface area contributed by atoms with E-state index in [1.807, 2.05) is 12.1 Å². The smallest absolute Gasteiger partial charge is 0.128 e. The van der Waals surface area contributed by atoms with Crippen molar-refractivity contribution in [1.82, 2.24) is 5.32 Å². The third kappa shape index (κ3) is 3.91. The van der Waals surface area contributed by atoms with E-state index in [9.17, 15) is 4.39 Å². The molecule has 1 atom stereocenters. The number of thiophene rings is 1. The molecule has 0 aliphatic rings. The SMILES string of the molecule is CCCNC(c1cc(Br)c(Br)s1)c1cc(Br)ccc1F. The lowest BCUT2D eigenvalue weighted by atomic mass is 10.0. The van der Waals surface area contributed by atoms with Crippen molar-refractivity contribution < 1.29 is 4.39 Å². The Morgan fingerprint density at radius 1 is 1.25 bits per heavy atom. The molecule has 1 N–H and O–H groups in total. The van der Waals surface area contributed by atoms with Crippen LogP contribution in [0, 0.1) is 5.82 Å². The Bertz CT molecular complexity index is 581. The predicted molar refractivity (Wildman–Crippen MR) is 94.0 cm³/mol. The molecule has 1 unspecified atom stereocenters. The van der Waals surface area contributed by atoms with E-state index < -0.39 is 0 Å². The van der Waals surface area contributed by atoms with Gasteiger partial charge < -0.3 is 5.32 Å². The Morgan fingerprint density at radius 3 is 2.60 bits per heavy atom. The number of rotatable bonds is 5. The predicted octanol–water partition coefficient (Wildman–Crippen LogP) is 6.26. The zero-order valence-electron chi connectivity index (χ0n) is 10.7. The largest absolute Gasteiger partial charge is 0.306 e. The van der Waals surface area contributed by atoms with Gasteiger partial charge in [0.1, 0.15) is 5.82 Å². The van der Waals surface area contributed by atoms with Crippen molar-refractivity contribution >= 4 is 59.1 Å². The van der Waals surface area contributed by atoms with Crippen LogP contribution in [0.4, 0.5) is 4.39 Å².